The third kappa shape index (κ3) is 3.59. The topological polar surface area (TPSA) is 26.3 Å². The van der Waals surface area contributed by atoms with Gasteiger partial charge in [0, 0.05) is 0 Å². The number of esters is 1. The molecular weight excluding hydrogens is 236 g/mol. The Morgan fingerprint density at radius 1 is 1.32 bits per heavy atom. The second-order valence-electron chi connectivity index (χ2n) is 6.55. The van der Waals surface area contributed by atoms with Crippen molar-refractivity contribution < 1.29 is 9.53 Å². The summed E-state index contributed by atoms with van der Waals surface area (Å²) in [5.41, 5.74) is 2.02. The highest BCUT2D eigenvalue weighted by molar-refractivity contribution is 5.78. The van der Waals surface area contributed by atoms with Gasteiger partial charge in [0.15, 0.2) is 0 Å². The predicted octanol–water partition coefficient (Wildman–Crippen LogP) is 4.40. The maximum absolute atomic E-state index is 12.1. The fourth-order valence-electron chi connectivity index (χ4n) is 2.35. The first-order valence-corrected chi connectivity index (χ1v) is 7.19. The normalized spacial score (nSPS) is 17.7. The summed E-state index contributed by atoms with van der Waals surface area (Å²) in [6, 6.07) is 8.44. The molecular formula is C17H24O2. The van der Waals surface area contributed by atoms with Crippen LogP contribution in [0.2, 0.25) is 0 Å². The van der Waals surface area contributed by atoms with E-state index in [1.165, 1.54) is 24.8 Å². The number of hydrogen-bond donors (Lipinski definition) is 0. The fourth-order valence-corrected chi connectivity index (χ4v) is 2.35. The third-order valence-corrected chi connectivity index (χ3v) is 3.75. The highest BCUT2D eigenvalue weighted by Crippen LogP contribution is 2.37. The van der Waals surface area contributed by atoms with Gasteiger partial charge in [0.1, 0.15) is 5.60 Å². The summed E-state index contributed by atoms with van der Waals surface area (Å²) in [7, 11) is 0. The fraction of sp³-hybridized carbons (Fsp3) is 0.588. The minimum absolute atomic E-state index is 0.141. The van der Waals surface area contributed by atoms with Gasteiger partial charge in [-0.1, -0.05) is 30.7 Å². The van der Waals surface area contributed by atoms with Gasteiger partial charge in [-0.15, -0.1) is 0 Å². The molecule has 0 aliphatic heterocycles. The van der Waals surface area contributed by atoms with Crippen molar-refractivity contribution in [3.05, 3.63) is 35.4 Å². The van der Waals surface area contributed by atoms with E-state index in [1.807, 2.05) is 33.8 Å². The highest BCUT2D eigenvalue weighted by atomic mass is 16.6. The quantitative estimate of drug-likeness (QED) is 0.753. The van der Waals surface area contributed by atoms with Crippen LogP contribution in [0.4, 0.5) is 0 Å². The lowest BCUT2D eigenvalue weighted by Gasteiger charge is -2.27. The van der Waals surface area contributed by atoms with Gasteiger partial charge in [0.25, 0.3) is 0 Å². The molecule has 0 aromatic heterocycles. The van der Waals surface area contributed by atoms with Crippen LogP contribution in [-0.2, 0) is 9.53 Å². The molecule has 0 spiro atoms. The first-order chi connectivity index (χ1) is 8.87. The van der Waals surface area contributed by atoms with Crippen LogP contribution in [0.25, 0.3) is 0 Å². The zero-order chi connectivity index (χ0) is 14.0. The van der Waals surface area contributed by atoms with E-state index in [0.29, 0.717) is 5.92 Å². The summed E-state index contributed by atoms with van der Waals surface area (Å²) in [5, 5.41) is 0. The average Bonchev–Trinajstić information content (AvgIpc) is 2.23. The molecule has 2 nitrogen and oxygen atoms in total. The minimum atomic E-state index is -0.420. The molecule has 2 rings (SSSR count). The lowest BCUT2D eigenvalue weighted by molar-refractivity contribution is -0.156. The van der Waals surface area contributed by atoms with Crippen LogP contribution in [0.3, 0.4) is 0 Å². The van der Waals surface area contributed by atoms with E-state index >= 15 is 0 Å². The van der Waals surface area contributed by atoms with Crippen molar-refractivity contribution in [1.29, 1.82) is 0 Å². The standard InChI is InChI=1S/C17H24O2/c1-12(16(18)19-17(2,3)4)14-9-6-10-15(11-14)13-7-5-8-13/h6,9-13H,5,7-8H2,1-4H3. The average molecular weight is 260 g/mol. The molecule has 1 fully saturated rings. The molecule has 19 heavy (non-hydrogen) atoms. The molecule has 0 saturated heterocycles. The maximum Gasteiger partial charge on any atom is 0.313 e. The van der Waals surface area contributed by atoms with Crippen LogP contribution in [0.15, 0.2) is 24.3 Å². The van der Waals surface area contributed by atoms with Gasteiger partial charge in [-0.25, -0.2) is 0 Å². The Bertz CT molecular complexity index is 453. The Labute approximate surface area is 116 Å². The molecule has 1 unspecified atom stereocenters. The second kappa shape index (κ2) is 5.36. The van der Waals surface area contributed by atoms with Crippen molar-refractivity contribution in [2.75, 3.05) is 0 Å². The first kappa shape index (κ1) is 14.1. The van der Waals surface area contributed by atoms with Crippen LogP contribution < -0.4 is 0 Å². The van der Waals surface area contributed by atoms with E-state index in [-0.39, 0.29) is 11.9 Å². The molecule has 1 atom stereocenters. The van der Waals surface area contributed by atoms with Gasteiger partial charge >= 0.3 is 5.97 Å². The number of rotatable bonds is 3. The minimum Gasteiger partial charge on any atom is -0.460 e. The Morgan fingerprint density at radius 3 is 2.53 bits per heavy atom. The number of hydrogen-bond acceptors (Lipinski definition) is 2. The van der Waals surface area contributed by atoms with Crippen LogP contribution in [-0.4, -0.2) is 11.6 Å². The van der Waals surface area contributed by atoms with Gasteiger partial charge < -0.3 is 4.74 Å². The Kier molecular flexibility index (Phi) is 3.98. The lowest BCUT2D eigenvalue weighted by Crippen LogP contribution is -2.26. The number of carbonyl (C=O) groups is 1. The maximum atomic E-state index is 12.1. The van der Waals surface area contributed by atoms with Crippen molar-refractivity contribution >= 4 is 5.97 Å². The van der Waals surface area contributed by atoms with Crippen molar-refractivity contribution in [2.24, 2.45) is 0 Å². The summed E-state index contributed by atoms with van der Waals surface area (Å²) >= 11 is 0. The van der Waals surface area contributed by atoms with Gasteiger partial charge in [-0.2, -0.15) is 0 Å². The van der Waals surface area contributed by atoms with E-state index in [0.717, 1.165) is 5.56 Å². The Hall–Kier alpha value is -1.31. The SMILES string of the molecule is CC(C(=O)OC(C)(C)C)c1cccc(C2CCC2)c1. The van der Waals surface area contributed by atoms with Crippen LogP contribution in [0.1, 0.15) is 69.9 Å². The molecule has 1 aromatic carbocycles. The van der Waals surface area contributed by atoms with E-state index < -0.39 is 5.60 Å². The third-order valence-electron chi connectivity index (χ3n) is 3.75. The van der Waals surface area contributed by atoms with Gasteiger partial charge in [-0.3, -0.25) is 4.79 Å². The van der Waals surface area contributed by atoms with Crippen LogP contribution in [0, 0.1) is 0 Å². The molecule has 0 bridgehead atoms. The molecule has 0 heterocycles. The summed E-state index contributed by atoms with van der Waals surface area (Å²) in [4.78, 5) is 12.1. The summed E-state index contributed by atoms with van der Waals surface area (Å²) in [5.74, 6) is 0.364. The van der Waals surface area contributed by atoms with Crippen LogP contribution >= 0.6 is 0 Å². The molecule has 2 heteroatoms. The number of ether oxygens (including phenoxy) is 1. The van der Waals surface area contributed by atoms with E-state index in [2.05, 4.69) is 18.2 Å². The summed E-state index contributed by atoms with van der Waals surface area (Å²) in [6.45, 7) is 7.64. The largest absolute Gasteiger partial charge is 0.460 e. The monoisotopic (exact) mass is 260 g/mol. The molecule has 1 aromatic rings. The van der Waals surface area contributed by atoms with Gasteiger partial charge in [0.05, 0.1) is 5.92 Å². The summed E-state index contributed by atoms with van der Waals surface area (Å²) in [6.07, 6.45) is 3.89. The molecule has 104 valence electrons. The molecule has 1 aliphatic rings. The number of carbonyl (C=O) groups excluding carboxylic acids is 1. The molecule has 0 amide bonds. The molecule has 0 N–H and O–H groups in total. The van der Waals surface area contributed by atoms with Crippen molar-refractivity contribution in [3.8, 4) is 0 Å². The zero-order valence-corrected chi connectivity index (χ0v) is 12.4. The molecule has 1 saturated carbocycles. The van der Waals surface area contributed by atoms with E-state index in [4.69, 9.17) is 4.74 Å². The first-order valence-electron chi connectivity index (χ1n) is 7.19. The van der Waals surface area contributed by atoms with Crippen molar-refractivity contribution in [2.45, 2.75) is 64.4 Å². The number of benzene rings is 1. The highest BCUT2D eigenvalue weighted by Gasteiger charge is 2.24. The van der Waals surface area contributed by atoms with Gasteiger partial charge in [0.2, 0.25) is 0 Å². The smallest absolute Gasteiger partial charge is 0.313 e. The van der Waals surface area contributed by atoms with E-state index in [1.54, 1.807) is 0 Å². The lowest BCUT2D eigenvalue weighted by atomic mass is 9.79. The predicted molar refractivity (Wildman–Crippen MR) is 77.3 cm³/mol. The Morgan fingerprint density at radius 2 is 2.00 bits per heavy atom. The Balaban J connectivity index is 2.10. The van der Waals surface area contributed by atoms with Crippen molar-refractivity contribution in [3.63, 3.8) is 0 Å². The van der Waals surface area contributed by atoms with Gasteiger partial charge in [-0.05, 0) is 57.6 Å². The zero-order valence-electron chi connectivity index (χ0n) is 12.4. The molecule has 0 radical (unpaired) electrons. The molecule has 1 aliphatic carbocycles. The van der Waals surface area contributed by atoms with E-state index in [9.17, 15) is 4.79 Å². The second-order valence-corrected chi connectivity index (χ2v) is 6.55. The van der Waals surface area contributed by atoms with Crippen LogP contribution in [0.5, 0.6) is 0 Å². The summed E-state index contributed by atoms with van der Waals surface area (Å²) < 4.78 is 5.46. The van der Waals surface area contributed by atoms with Crippen molar-refractivity contribution in [1.82, 2.24) is 0 Å².